The first-order valence-electron chi connectivity index (χ1n) is 8.33. The summed E-state index contributed by atoms with van der Waals surface area (Å²) in [5, 5.41) is 16.9. The Balaban J connectivity index is 1.49. The molecule has 4 rings (SSSR count). The van der Waals surface area contributed by atoms with Crippen molar-refractivity contribution >= 4 is 28.9 Å². The van der Waals surface area contributed by atoms with Crippen molar-refractivity contribution in [3.8, 4) is 23.0 Å². The van der Waals surface area contributed by atoms with Crippen molar-refractivity contribution in [2.45, 2.75) is 12.8 Å². The molecule has 0 fully saturated rings. The molecule has 31 heavy (non-hydrogen) atoms. The van der Waals surface area contributed by atoms with E-state index in [4.69, 9.17) is 16.0 Å². The molecular formula is C17H9ClF2N4O7. The van der Waals surface area contributed by atoms with Crippen LogP contribution in [0.1, 0.15) is 0 Å². The van der Waals surface area contributed by atoms with E-state index in [1.54, 1.807) is 0 Å². The maximum absolute atomic E-state index is 13.1. The summed E-state index contributed by atoms with van der Waals surface area (Å²) in [6, 6.07) is 7.07. The fraction of sp³-hybridized carbons (Fsp3) is 0.118. The number of carbonyl (C=O) groups excluding carboxylic acids is 1. The van der Waals surface area contributed by atoms with Crippen LogP contribution in [0.5, 0.6) is 11.5 Å². The van der Waals surface area contributed by atoms with Crippen molar-refractivity contribution in [2.75, 3.05) is 5.32 Å². The normalized spacial score (nSPS) is 13.8. The molecule has 0 atom stereocenters. The second-order valence-electron chi connectivity index (χ2n) is 6.13. The predicted octanol–water partition coefficient (Wildman–Crippen LogP) is 3.03. The smallest absolute Gasteiger partial charge is 0.395 e. The number of hydrogen-bond donors (Lipinski definition) is 1. The monoisotopic (exact) mass is 454 g/mol. The SMILES string of the molecule is O=C(Cn1nc(-c2ccc([N+](=O)[O-])cc2Cl)oc1=O)Nc1ccc2c(c1)OC(F)(F)O2. The number of non-ortho nitro benzene ring substituents is 1. The maximum atomic E-state index is 13.1. The molecule has 2 heterocycles. The highest BCUT2D eigenvalue weighted by molar-refractivity contribution is 6.33. The molecule has 160 valence electrons. The fourth-order valence-corrected chi connectivity index (χ4v) is 2.92. The van der Waals surface area contributed by atoms with Crippen LogP contribution in [-0.2, 0) is 11.3 Å². The molecule has 2 aromatic carbocycles. The van der Waals surface area contributed by atoms with E-state index in [9.17, 15) is 28.5 Å². The Kier molecular flexibility index (Phi) is 4.81. The number of ether oxygens (including phenoxy) is 2. The minimum Gasteiger partial charge on any atom is -0.395 e. The third-order valence-electron chi connectivity index (χ3n) is 3.98. The summed E-state index contributed by atoms with van der Waals surface area (Å²) in [5.41, 5.74) is -0.0446. The zero-order valence-corrected chi connectivity index (χ0v) is 15.8. The van der Waals surface area contributed by atoms with Gasteiger partial charge in [0.2, 0.25) is 5.91 Å². The molecule has 0 aliphatic carbocycles. The van der Waals surface area contributed by atoms with E-state index in [2.05, 4.69) is 19.9 Å². The van der Waals surface area contributed by atoms with E-state index >= 15 is 0 Å². The van der Waals surface area contributed by atoms with Crippen LogP contribution in [0.25, 0.3) is 11.5 Å². The van der Waals surface area contributed by atoms with Gasteiger partial charge in [0, 0.05) is 23.9 Å². The minimum absolute atomic E-state index is 0.0794. The number of carbonyl (C=O) groups is 1. The first-order valence-corrected chi connectivity index (χ1v) is 8.71. The quantitative estimate of drug-likeness (QED) is 0.458. The van der Waals surface area contributed by atoms with Gasteiger partial charge in [-0.3, -0.25) is 14.9 Å². The largest absolute Gasteiger partial charge is 0.586 e. The van der Waals surface area contributed by atoms with Crippen LogP contribution in [-0.4, -0.2) is 26.9 Å². The third kappa shape index (κ3) is 4.16. The fourth-order valence-electron chi connectivity index (χ4n) is 2.67. The number of nitro benzene ring substituents is 1. The number of nitrogens with zero attached hydrogens (tertiary/aromatic N) is 3. The number of benzene rings is 2. The second kappa shape index (κ2) is 7.36. The van der Waals surface area contributed by atoms with Crippen LogP contribution in [0.2, 0.25) is 5.02 Å². The molecule has 1 aliphatic heterocycles. The topological polar surface area (TPSA) is 139 Å². The third-order valence-corrected chi connectivity index (χ3v) is 4.29. The van der Waals surface area contributed by atoms with Gasteiger partial charge in [0.1, 0.15) is 6.54 Å². The van der Waals surface area contributed by atoms with Gasteiger partial charge in [0.05, 0.1) is 15.5 Å². The van der Waals surface area contributed by atoms with Gasteiger partial charge in [-0.2, -0.15) is 4.68 Å². The Morgan fingerprint density at radius 1 is 1.23 bits per heavy atom. The number of nitrogens with one attached hydrogen (secondary N) is 1. The number of fused-ring (bicyclic) bond motifs is 1. The van der Waals surface area contributed by atoms with E-state index < -0.39 is 29.4 Å². The Bertz CT molecular complexity index is 1270. The van der Waals surface area contributed by atoms with Crippen molar-refractivity contribution in [3.63, 3.8) is 0 Å². The molecule has 0 saturated carbocycles. The molecule has 11 nitrogen and oxygen atoms in total. The molecule has 0 unspecified atom stereocenters. The van der Waals surface area contributed by atoms with Gasteiger partial charge >= 0.3 is 12.1 Å². The Morgan fingerprint density at radius 3 is 2.68 bits per heavy atom. The Morgan fingerprint density at radius 2 is 1.97 bits per heavy atom. The number of halogens is 3. The molecule has 0 bridgehead atoms. The van der Waals surface area contributed by atoms with Gasteiger partial charge in [-0.05, 0) is 18.2 Å². The number of rotatable bonds is 5. The van der Waals surface area contributed by atoms with Crippen LogP contribution in [0, 0.1) is 10.1 Å². The van der Waals surface area contributed by atoms with E-state index in [0.29, 0.717) is 4.68 Å². The van der Waals surface area contributed by atoms with Gasteiger partial charge < -0.3 is 19.2 Å². The molecule has 14 heteroatoms. The lowest BCUT2D eigenvalue weighted by Crippen LogP contribution is -2.26. The minimum atomic E-state index is -3.80. The molecule has 1 amide bonds. The van der Waals surface area contributed by atoms with E-state index in [0.717, 1.165) is 18.2 Å². The summed E-state index contributed by atoms with van der Waals surface area (Å²) in [5.74, 6) is -2.41. The van der Waals surface area contributed by atoms with Crippen LogP contribution in [0.4, 0.5) is 20.2 Å². The highest BCUT2D eigenvalue weighted by Gasteiger charge is 2.43. The van der Waals surface area contributed by atoms with Gasteiger partial charge in [-0.25, -0.2) is 4.79 Å². The molecule has 1 aliphatic rings. The standard InChI is InChI=1S/C17H9ClF2N4O7/c18-11-6-9(24(27)28)2-3-10(11)15-22-23(16(26)29-15)7-14(25)21-8-1-4-12-13(5-8)31-17(19,20)30-12/h1-6H,7H2,(H,21,25). The van der Waals surface area contributed by atoms with Crippen molar-refractivity contribution in [3.05, 3.63) is 62.1 Å². The summed E-state index contributed by atoms with van der Waals surface area (Å²) < 4.78 is 40.3. The molecule has 0 spiro atoms. The Hall–Kier alpha value is -4.00. The van der Waals surface area contributed by atoms with Crippen LogP contribution in [0.15, 0.2) is 45.6 Å². The number of aromatic nitrogens is 2. The Labute approximate surface area is 174 Å². The van der Waals surface area contributed by atoms with E-state index in [1.165, 1.54) is 18.2 Å². The zero-order chi connectivity index (χ0) is 22.3. The average molecular weight is 455 g/mol. The lowest BCUT2D eigenvalue weighted by atomic mass is 10.2. The number of anilines is 1. The van der Waals surface area contributed by atoms with Crippen LogP contribution < -0.4 is 20.5 Å². The van der Waals surface area contributed by atoms with Crippen molar-refractivity contribution in [1.29, 1.82) is 0 Å². The lowest BCUT2D eigenvalue weighted by molar-refractivity contribution is -0.384. The van der Waals surface area contributed by atoms with Gasteiger partial charge in [-0.1, -0.05) is 11.6 Å². The predicted molar refractivity (Wildman–Crippen MR) is 99.1 cm³/mol. The van der Waals surface area contributed by atoms with Crippen molar-refractivity contribution in [2.24, 2.45) is 0 Å². The van der Waals surface area contributed by atoms with Crippen LogP contribution in [0.3, 0.4) is 0 Å². The average Bonchev–Trinajstić information content (AvgIpc) is 3.18. The molecule has 3 aromatic rings. The molecule has 1 aromatic heterocycles. The summed E-state index contributed by atoms with van der Waals surface area (Å²) >= 11 is 5.98. The van der Waals surface area contributed by atoms with Gasteiger partial charge in [0.25, 0.3) is 11.6 Å². The van der Waals surface area contributed by atoms with Crippen molar-refractivity contribution < 1.29 is 32.4 Å². The maximum Gasteiger partial charge on any atom is 0.586 e. The first kappa shape index (κ1) is 20.3. The lowest BCUT2D eigenvalue weighted by Gasteiger charge is -2.05. The van der Waals surface area contributed by atoms with Crippen molar-refractivity contribution in [1.82, 2.24) is 9.78 Å². The van der Waals surface area contributed by atoms with Gasteiger partial charge in [-0.15, -0.1) is 13.9 Å². The second-order valence-corrected chi connectivity index (χ2v) is 6.54. The number of hydrogen-bond acceptors (Lipinski definition) is 8. The van der Waals surface area contributed by atoms with E-state index in [1.807, 2.05) is 0 Å². The molecule has 0 saturated heterocycles. The zero-order valence-electron chi connectivity index (χ0n) is 15.0. The highest BCUT2D eigenvalue weighted by Crippen LogP contribution is 2.42. The van der Waals surface area contributed by atoms with Gasteiger partial charge in [0.15, 0.2) is 11.5 Å². The molecular weight excluding hydrogens is 446 g/mol. The summed E-state index contributed by atoms with van der Waals surface area (Å²) in [4.78, 5) is 34.4. The number of nitro groups is 1. The van der Waals surface area contributed by atoms with Crippen LogP contribution >= 0.6 is 11.6 Å². The first-order chi connectivity index (χ1) is 14.6. The van der Waals surface area contributed by atoms with E-state index in [-0.39, 0.29) is 39.4 Å². The molecule has 1 N–H and O–H groups in total. The summed E-state index contributed by atoms with van der Waals surface area (Å²) in [6.07, 6.45) is -3.80. The summed E-state index contributed by atoms with van der Waals surface area (Å²) in [6.45, 7) is -0.572. The highest BCUT2D eigenvalue weighted by atomic mass is 35.5. The number of alkyl halides is 2. The number of amides is 1. The summed E-state index contributed by atoms with van der Waals surface area (Å²) in [7, 11) is 0. The molecule has 0 radical (unpaired) electrons.